The third kappa shape index (κ3) is 5.24. The number of rotatable bonds is 11. The lowest BCUT2D eigenvalue weighted by atomic mass is 10.1. The summed E-state index contributed by atoms with van der Waals surface area (Å²) in [5, 5.41) is 14.0. The van der Waals surface area contributed by atoms with Crippen LogP contribution in [0.1, 0.15) is 50.2 Å². The molecule has 0 atom stereocenters. The lowest BCUT2D eigenvalue weighted by Crippen LogP contribution is -2.08. The maximum Gasteiger partial charge on any atom is 0.204 e. The SMILES string of the molecule is Cc1nnc2c(NCCCCCC(=O)Cc3cccs3)nc3cc(OC(C)C)ccc3n12. The summed E-state index contributed by atoms with van der Waals surface area (Å²) in [4.78, 5) is 18.0. The Labute approximate surface area is 191 Å². The minimum Gasteiger partial charge on any atom is -0.491 e. The van der Waals surface area contributed by atoms with Crippen LogP contribution in [0.3, 0.4) is 0 Å². The van der Waals surface area contributed by atoms with E-state index in [0.717, 1.165) is 58.9 Å². The summed E-state index contributed by atoms with van der Waals surface area (Å²) in [6.45, 7) is 6.72. The third-order valence-corrected chi connectivity index (χ3v) is 6.08. The Bertz CT molecular complexity index is 1200. The van der Waals surface area contributed by atoms with Gasteiger partial charge in [-0.05, 0) is 57.2 Å². The highest BCUT2D eigenvalue weighted by Crippen LogP contribution is 2.25. The van der Waals surface area contributed by atoms with E-state index in [0.29, 0.717) is 24.4 Å². The number of ether oxygens (including phenoxy) is 1. The molecule has 168 valence electrons. The molecule has 4 rings (SSSR count). The van der Waals surface area contributed by atoms with Gasteiger partial charge in [0, 0.05) is 30.3 Å². The van der Waals surface area contributed by atoms with Crippen molar-refractivity contribution in [2.75, 3.05) is 11.9 Å². The molecule has 0 aliphatic rings. The number of anilines is 1. The molecule has 0 radical (unpaired) electrons. The number of carbonyl (C=O) groups is 1. The standard InChI is InChI=1S/C24H29N5O2S/c1-16(2)31-19-10-11-22-21(15-19)26-23(24-28-27-17(3)29(22)24)25-12-6-4-5-8-18(30)14-20-9-7-13-32-20/h7,9-11,13,15-16H,4-6,8,12,14H2,1-3H3,(H,25,26). The molecule has 8 heteroatoms. The van der Waals surface area contributed by atoms with E-state index in [4.69, 9.17) is 9.72 Å². The largest absolute Gasteiger partial charge is 0.491 e. The van der Waals surface area contributed by atoms with Gasteiger partial charge >= 0.3 is 0 Å². The first-order valence-corrected chi connectivity index (χ1v) is 12.0. The average Bonchev–Trinajstić information content (AvgIpc) is 3.40. The van der Waals surface area contributed by atoms with Crippen molar-refractivity contribution >= 4 is 39.6 Å². The Morgan fingerprint density at radius 3 is 2.84 bits per heavy atom. The zero-order chi connectivity index (χ0) is 22.5. The number of hydrogen-bond acceptors (Lipinski definition) is 7. The van der Waals surface area contributed by atoms with Gasteiger partial charge in [0.2, 0.25) is 5.65 Å². The Balaban J connectivity index is 1.37. The monoisotopic (exact) mass is 451 g/mol. The molecule has 4 aromatic rings. The fourth-order valence-corrected chi connectivity index (χ4v) is 4.48. The predicted molar refractivity (Wildman–Crippen MR) is 129 cm³/mol. The molecule has 0 fully saturated rings. The van der Waals surface area contributed by atoms with Gasteiger partial charge in [-0.2, -0.15) is 0 Å². The maximum atomic E-state index is 12.1. The second kappa shape index (κ2) is 10.1. The number of thiophene rings is 1. The zero-order valence-electron chi connectivity index (χ0n) is 18.8. The zero-order valence-corrected chi connectivity index (χ0v) is 19.6. The molecule has 0 aliphatic carbocycles. The van der Waals surface area contributed by atoms with Gasteiger partial charge in [0.15, 0.2) is 5.82 Å². The molecule has 3 aromatic heterocycles. The molecule has 0 saturated carbocycles. The van der Waals surface area contributed by atoms with E-state index in [1.807, 2.05) is 60.9 Å². The number of ketones is 1. The summed E-state index contributed by atoms with van der Waals surface area (Å²) >= 11 is 1.64. The van der Waals surface area contributed by atoms with E-state index in [-0.39, 0.29) is 6.10 Å². The normalized spacial score (nSPS) is 11.5. The summed E-state index contributed by atoms with van der Waals surface area (Å²) in [6, 6.07) is 9.93. The Hall–Kier alpha value is -3.00. The minimum absolute atomic E-state index is 0.0996. The minimum atomic E-state index is 0.0996. The first kappa shape index (κ1) is 22.2. The molecule has 3 heterocycles. The number of fused-ring (bicyclic) bond motifs is 3. The smallest absolute Gasteiger partial charge is 0.204 e. The number of nitrogens with zero attached hydrogens (tertiary/aromatic N) is 4. The van der Waals surface area contributed by atoms with E-state index in [9.17, 15) is 4.79 Å². The van der Waals surface area contributed by atoms with Gasteiger partial charge in [0.25, 0.3) is 0 Å². The first-order chi connectivity index (χ1) is 15.5. The van der Waals surface area contributed by atoms with Crippen LogP contribution in [0.2, 0.25) is 0 Å². The van der Waals surface area contributed by atoms with Crippen molar-refractivity contribution in [3.63, 3.8) is 0 Å². The van der Waals surface area contributed by atoms with E-state index in [1.54, 1.807) is 11.3 Å². The lowest BCUT2D eigenvalue weighted by molar-refractivity contribution is -0.118. The van der Waals surface area contributed by atoms with Crippen molar-refractivity contribution in [2.45, 2.75) is 59.0 Å². The van der Waals surface area contributed by atoms with E-state index < -0.39 is 0 Å². The number of unbranched alkanes of at least 4 members (excludes halogenated alkanes) is 2. The van der Waals surface area contributed by atoms with Gasteiger partial charge in [-0.25, -0.2) is 4.98 Å². The van der Waals surface area contributed by atoms with Crippen LogP contribution < -0.4 is 10.1 Å². The second-order valence-corrected chi connectivity index (χ2v) is 9.25. The van der Waals surface area contributed by atoms with Crippen LogP contribution in [0.5, 0.6) is 5.75 Å². The second-order valence-electron chi connectivity index (χ2n) is 8.22. The molecule has 7 nitrogen and oxygen atoms in total. The van der Waals surface area contributed by atoms with E-state index in [1.165, 1.54) is 0 Å². The van der Waals surface area contributed by atoms with Gasteiger partial charge < -0.3 is 10.1 Å². The Morgan fingerprint density at radius 2 is 2.06 bits per heavy atom. The van der Waals surface area contributed by atoms with Crippen molar-refractivity contribution in [1.29, 1.82) is 0 Å². The van der Waals surface area contributed by atoms with Crippen molar-refractivity contribution in [3.05, 3.63) is 46.4 Å². The Kier molecular flexibility index (Phi) is 6.99. The number of aryl methyl sites for hydroxylation is 1. The number of Topliss-reactive ketones (excluding diaryl/α,β-unsaturated/α-hetero) is 1. The summed E-state index contributed by atoms with van der Waals surface area (Å²) < 4.78 is 7.86. The number of nitrogens with one attached hydrogen (secondary N) is 1. The Morgan fingerprint density at radius 1 is 1.19 bits per heavy atom. The molecule has 0 unspecified atom stereocenters. The highest BCUT2D eigenvalue weighted by molar-refractivity contribution is 7.10. The predicted octanol–water partition coefficient (Wildman–Crippen LogP) is 5.22. The summed E-state index contributed by atoms with van der Waals surface area (Å²) in [7, 11) is 0. The molecular weight excluding hydrogens is 422 g/mol. The van der Waals surface area contributed by atoms with Crippen LogP contribution in [0.4, 0.5) is 5.82 Å². The van der Waals surface area contributed by atoms with E-state index in [2.05, 4.69) is 15.5 Å². The van der Waals surface area contributed by atoms with Gasteiger partial charge in [0.1, 0.15) is 17.4 Å². The summed E-state index contributed by atoms with van der Waals surface area (Å²) in [6.07, 6.45) is 4.16. The molecule has 0 spiro atoms. The van der Waals surface area contributed by atoms with Crippen LogP contribution >= 0.6 is 11.3 Å². The molecule has 0 amide bonds. The van der Waals surface area contributed by atoms with Crippen LogP contribution in [0.15, 0.2) is 35.7 Å². The van der Waals surface area contributed by atoms with E-state index >= 15 is 0 Å². The topological polar surface area (TPSA) is 81.4 Å². The van der Waals surface area contributed by atoms with Crippen molar-refractivity contribution in [2.24, 2.45) is 0 Å². The summed E-state index contributed by atoms with van der Waals surface area (Å²) in [5.74, 6) is 2.64. The number of carbonyl (C=O) groups excluding carboxylic acids is 1. The van der Waals surface area contributed by atoms with Crippen molar-refractivity contribution in [1.82, 2.24) is 19.6 Å². The van der Waals surface area contributed by atoms with Gasteiger partial charge in [-0.1, -0.05) is 12.5 Å². The number of benzene rings is 1. The molecule has 0 saturated heterocycles. The molecule has 0 aliphatic heterocycles. The fraction of sp³-hybridized carbons (Fsp3) is 0.417. The highest BCUT2D eigenvalue weighted by Gasteiger charge is 2.14. The number of hydrogen-bond donors (Lipinski definition) is 1. The fourth-order valence-electron chi connectivity index (χ4n) is 3.75. The van der Waals surface area contributed by atoms with Crippen molar-refractivity contribution in [3.8, 4) is 5.75 Å². The maximum absolute atomic E-state index is 12.1. The van der Waals surface area contributed by atoms with Crippen LogP contribution in [0.25, 0.3) is 16.7 Å². The molecule has 32 heavy (non-hydrogen) atoms. The molecule has 1 aromatic carbocycles. The lowest BCUT2D eigenvalue weighted by Gasteiger charge is -2.13. The van der Waals surface area contributed by atoms with Crippen LogP contribution in [0, 0.1) is 6.92 Å². The third-order valence-electron chi connectivity index (χ3n) is 5.20. The first-order valence-electron chi connectivity index (χ1n) is 11.1. The van der Waals surface area contributed by atoms with Gasteiger partial charge in [0.05, 0.1) is 17.1 Å². The quantitative estimate of drug-likeness (QED) is 0.315. The van der Waals surface area contributed by atoms with Crippen molar-refractivity contribution < 1.29 is 9.53 Å². The number of aromatic nitrogens is 4. The molecule has 1 N–H and O–H groups in total. The highest BCUT2D eigenvalue weighted by atomic mass is 32.1. The molecular formula is C24H29N5O2S. The molecule has 0 bridgehead atoms. The van der Waals surface area contributed by atoms with Gasteiger partial charge in [-0.3, -0.25) is 9.20 Å². The van der Waals surface area contributed by atoms with Crippen LogP contribution in [-0.4, -0.2) is 38.0 Å². The average molecular weight is 452 g/mol. The summed E-state index contributed by atoms with van der Waals surface area (Å²) in [5.41, 5.74) is 2.51. The van der Waals surface area contributed by atoms with Gasteiger partial charge in [-0.15, -0.1) is 21.5 Å². The van der Waals surface area contributed by atoms with Crippen LogP contribution in [-0.2, 0) is 11.2 Å².